The molecule has 2 saturated heterocycles. The number of esters is 1. The van der Waals surface area contributed by atoms with E-state index in [-0.39, 0.29) is 17.5 Å². The lowest BCUT2D eigenvalue weighted by atomic mass is 9.52. The summed E-state index contributed by atoms with van der Waals surface area (Å²) < 4.78 is 11.6. The van der Waals surface area contributed by atoms with Gasteiger partial charge in [-0.1, -0.05) is 27.2 Å². The average molecular weight is 405 g/mol. The van der Waals surface area contributed by atoms with E-state index in [0.717, 1.165) is 38.5 Å². The molecule has 0 N–H and O–H groups in total. The second-order valence-electron chi connectivity index (χ2n) is 11.0. The number of ketones is 1. The van der Waals surface area contributed by atoms with Crippen LogP contribution in [-0.2, 0) is 19.1 Å². The predicted octanol–water partition coefficient (Wildman–Crippen LogP) is 5.33. The van der Waals surface area contributed by atoms with Crippen molar-refractivity contribution in [2.75, 3.05) is 7.11 Å². The summed E-state index contributed by atoms with van der Waals surface area (Å²) in [6.07, 6.45) is 11.4. The summed E-state index contributed by atoms with van der Waals surface area (Å²) in [6.45, 7) is 7.03. The van der Waals surface area contributed by atoms with Crippen molar-refractivity contribution in [1.82, 2.24) is 0 Å². The standard InChI is InChI=1S/C25H40O4/c1-16-7-9-21-20-11-10-19(17(2)8-12-23(27)28-4)24(20,3)15-22(26)25(21)13-5-6-18(14-16)29-25/h16-21H,5-15H2,1-4H3/t16-,17+,18+,19+,20-,21+,24-,25-/m0/s1. The van der Waals surface area contributed by atoms with Gasteiger partial charge in [-0.25, -0.2) is 0 Å². The van der Waals surface area contributed by atoms with Crippen molar-refractivity contribution in [2.45, 2.75) is 103 Å². The third kappa shape index (κ3) is 3.58. The van der Waals surface area contributed by atoms with Gasteiger partial charge in [-0.2, -0.15) is 0 Å². The van der Waals surface area contributed by atoms with Crippen molar-refractivity contribution < 1.29 is 19.1 Å². The number of Topliss-reactive ketones (excluding diaryl/α,β-unsaturated/α-hetero) is 1. The second-order valence-corrected chi connectivity index (χ2v) is 11.0. The van der Waals surface area contributed by atoms with Crippen LogP contribution in [0.1, 0.15) is 91.4 Å². The molecule has 4 aliphatic rings. The van der Waals surface area contributed by atoms with Crippen molar-refractivity contribution >= 4 is 11.8 Å². The highest BCUT2D eigenvalue weighted by Crippen LogP contribution is 2.64. The van der Waals surface area contributed by atoms with Crippen LogP contribution in [-0.4, -0.2) is 30.6 Å². The molecule has 4 nitrogen and oxygen atoms in total. The Hall–Kier alpha value is -0.900. The molecule has 29 heavy (non-hydrogen) atoms. The van der Waals surface area contributed by atoms with Gasteiger partial charge in [0.1, 0.15) is 5.60 Å². The van der Waals surface area contributed by atoms with Crippen LogP contribution in [0.2, 0.25) is 0 Å². The third-order valence-electron chi connectivity index (χ3n) is 9.39. The first-order valence-corrected chi connectivity index (χ1v) is 12.1. The molecule has 164 valence electrons. The molecule has 4 heteroatoms. The van der Waals surface area contributed by atoms with Crippen LogP contribution in [0.3, 0.4) is 0 Å². The lowest BCUT2D eigenvalue weighted by Gasteiger charge is -2.57. The lowest BCUT2D eigenvalue weighted by Crippen LogP contribution is -2.62. The van der Waals surface area contributed by atoms with Crippen LogP contribution in [0.25, 0.3) is 0 Å². The molecule has 0 amide bonds. The SMILES string of the molecule is COC(=O)CC[C@@H](C)[C@H]1CC[C@H]2[C@H]3CC[C@H](C)C[C@H]4CCC[C@@]3(O4)C(=O)C[C@@]12C. The Kier molecular flexibility index (Phi) is 5.87. The van der Waals surface area contributed by atoms with Gasteiger partial charge in [-0.3, -0.25) is 9.59 Å². The monoisotopic (exact) mass is 404 g/mol. The summed E-state index contributed by atoms with van der Waals surface area (Å²) in [5, 5.41) is 0. The number of fused-ring (bicyclic) bond motifs is 3. The predicted molar refractivity (Wildman–Crippen MR) is 112 cm³/mol. The van der Waals surface area contributed by atoms with E-state index in [2.05, 4.69) is 20.8 Å². The Morgan fingerprint density at radius 1 is 1.21 bits per heavy atom. The molecule has 0 aromatic carbocycles. The van der Waals surface area contributed by atoms with E-state index < -0.39 is 5.60 Å². The van der Waals surface area contributed by atoms with Gasteiger partial charge >= 0.3 is 5.97 Å². The van der Waals surface area contributed by atoms with Gasteiger partial charge in [0, 0.05) is 12.8 Å². The molecule has 4 rings (SSSR count). The summed E-state index contributed by atoms with van der Waals surface area (Å²) >= 11 is 0. The van der Waals surface area contributed by atoms with Crippen LogP contribution < -0.4 is 0 Å². The van der Waals surface area contributed by atoms with E-state index in [1.807, 2.05) is 0 Å². The van der Waals surface area contributed by atoms with Crippen molar-refractivity contribution in [2.24, 2.45) is 35.0 Å². The largest absolute Gasteiger partial charge is 0.469 e. The highest BCUT2D eigenvalue weighted by Gasteiger charge is 2.64. The maximum absolute atomic E-state index is 13.7. The molecule has 4 fully saturated rings. The molecule has 0 radical (unpaired) electrons. The van der Waals surface area contributed by atoms with E-state index in [4.69, 9.17) is 9.47 Å². The van der Waals surface area contributed by atoms with Crippen molar-refractivity contribution in [3.63, 3.8) is 0 Å². The highest BCUT2D eigenvalue weighted by molar-refractivity contribution is 5.89. The molecule has 0 aromatic heterocycles. The summed E-state index contributed by atoms with van der Waals surface area (Å²) in [5.41, 5.74) is -0.432. The van der Waals surface area contributed by atoms with Crippen LogP contribution in [0.4, 0.5) is 0 Å². The topological polar surface area (TPSA) is 52.6 Å². The van der Waals surface area contributed by atoms with Crippen LogP contribution in [0, 0.1) is 35.0 Å². The zero-order chi connectivity index (χ0) is 20.8. The molecule has 0 unspecified atom stereocenters. The number of ether oxygens (including phenoxy) is 2. The minimum absolute atomic E-state index is 0.0568. The van der Waals surface area contributed by atoms with Gasteiger partial charge in [0.25, 0.3) is 0 Å². The zero-order valence-electron chi connectivity index (χ0n) is 18.9. The summed E-state index contributed by atoms with van der Waals surface area (Å²) in [7, 11) is 1.46. The van der Waals surface area contributed by atoms with Gasteiger partial charge in [-0.05, 0) is 86.4 Å². The molecule has 1 spiro atoms. The van der Waals surface area contributed by atoms with Crippen molar-refractivity contribution in [3.8, 4) is 0 Å². The Morgan fingerprint density at radius 3 is 2.72 bits per heavy atom. The van der Waals surface area contributed by atoms with E-state index in [1.54, 1.807) is 0 Å². The first-order valence-electron chi connectivity index (χ1n) is 12.1. The van der Waals surface area contributed by atoms with Crippen molar-refractivity contribution in [1.29, 1.82) is 0 Å². The fourth-order valence-corrected chi connectivity index (χ4v) is 7.94. The molecule has 2 bridgehead atoms. The lowest BCUT2D eigenvalue weighted by molar-refractivity contribution is -0.213. The Labute approximate surface area is 176 Å². The number of hydrogen-bond donors (Lipinski definition) is 0. The van der Waals surface area contributed by atoms with Gasteiger partial charge < -0.3 is 9.47 Å². The number of rotatable bonds is 4. The first kappa shape index (κ1) is 21.3. The smallest absolute Gasteiger partial charge is 0.305 e. The van der Waals surface area contributed by atoms with Gasteiger partial charge in [0.15, 0.2) is 5.78 Å². The quantitative estimate of drug-likeness (QED) is 0.595. The maximum atomic E-state index is 13.7. The van der Waals surface area contributed by atoms with Crippen LogP contribution in [0.5, 0.6) is 0 Å². The zero-order valence-corrected chi connectivity index (χ0v) is 18.9. The summed E-state index contributed by atoms with van der Waals surface area (Å²) in [6, 6.07) is 0. The van der Waals surface area contributed by atoms with E-state index >= 15 is 0 Å². The number of carbonyl (C=O) groups excluding carboxylic acids is 2. The molecule has 2 heterocycles. The van der Waals surface area contributed by atoms with Gasteiger partial charge in [-0.15, -0.1) is 0 Å². The summed E-state index contributed by atoms with van der Waals surface area (Å²) in [5.74, 6) is 2.89. The Bertz CT molecular complexity index is 645. The van der Waals surface area contributed by atoms with E-state index in [9.17, 15) is 9.59 Å². The van der Waals surface area contributed by atoms with Gasteiger partial charge in [0.2, 0.25) is 0 Å². The normalized spacial score (nSPS) is 45.5. The van der Waals surface area contributed by atoms with Crippen molar-refractivity contribution in [3.05, 3.63) is 0 Å². The molecular weight excluding hydrogens is 364 g/mol. The minimum atomic E-state index is -0.489. The van der Waals surface area contributed by atoms with Crippen LogP contribution in [0.15, 0.2) is 0 Å². The average Bonchev–Trinajstić information content (AvgIpc) is 3.02. The first-order chi connectivity index (χ1) is 13.8. The van der Waals surface area contributed by atoms with E-state index in [1.165, 1.54) is 26.4 Å². The molecule has 0 aromatic rings. The fourth-order valence-electron chi connectivity index (χ4n) is 7.94. The molecule has 2 saturated carbocycles. The van der Waals surface area contributed by atoms with Crippen LogP contribution >= 0.6 is 0 Å². The molecule has 2 aliphatic heterocycles. The number of hydrogen-bond acceptors (Lipinski definition) is 4. The number of methoxy groups -OCH3 is 1. The number of carbonyl (C=O) groups is 2. The van der Waals surface area contributed by atoms with Gasteiger partial charge in [0.05, 0.1) is 13.2 Å². The third-order valence-corrected chi connectivity index (χ3v) is 9.39. The second kappa shape index (κ2) is 7.98. The fraction of sp³-hybridized carbons (Fsp3) is 0.920. The van der Waals surface area contributed by atoms with E-state index in [0.29, 0.717) is 48.2 Å². The minimum Gasteiger partial charge on any atom is -0.469 e. The highest BCUT2D eigenvalue weighted by atomic mass is 16.5. The summed E-state index contributed by atoms with van der Waals surface area (Å²) in [4.78, 5) is 25.4. The molecule has 2 aliphatic carbocycles. The Balaban J connectivity index is 1.59. The molecular formula is C25H40O4. The Morgan fingerprint density at radius 2 is 1.97 bits per heavy atom. The molecule has 8 atom stereocenters. The maximum Gasteiger partial charge on any atom is 0.305 e.